The van der Waals surface area contributed by atoms with Crippen LogP contribution in [0.25, 0.3) is 6.08 Å². The number of nitrogens with zero attached hydrogens (tertiary/aromatic N) is 2. The van der Waals surface area contributed by atoms with Gasteiger partial charge in [0.2, 0.25) is 5.91 Å². The summed E-state index contributed by atoms with van der Waals surface area (Å²) < 4.78 is 14.1. The molecule has 4 rings (SSSR count). The molecule has 0 bridgehead atoms. The van der Waals surface area contributed by atoms with Gasteiger partial charge in [0.15, 0.2) is 0 Å². The van der Waals surface area contributed by atoms with Crippen LogP contribution in [0.4, 0.5) is 0 Å². The lowest BCUT2D eigenvalue weighted by Crippen LogP contribution is -2.24. The van der Waals surface area contributed by atoms with Crippen LogP contribution in [0, 0.1) is 0 Å². The second-order valence-corrected chi connectivity index (χ2v) is 9.04. The van der Waals surface area contributed by atoms with Gasteiger partial charge >= 0.3 is 0 Å². The van der Waals surface area contributed by atoms with Crippen molar-refractivity contribution in [2.75, 3.05) is 5.75 Å². The third-order valence-electron chi connectivity index (χ3n) is 5.30. The molecule has 0 radical (unpaired) electrons. The first-order chi connectivity index (χ1) is 14.6. The van der Waals surface area contributed by atoms with Gasteiger partial charge in [-0.1, -0.05) is 60.7 Å². The molecule has 0 saturated heterocycles. The lowest BCUT2D eigenvalue weighted by molar-refractivity contribution is -0.117. The van der Waals surface area contributed by atoms with Crippen molar-refractivity contribution < 1.29 is 9.00 Å². The fourth-order valence-electron chi connectivity index (χ4n) is 3.70. The van der Waals surface area contributed by atoms with Crippen molar-refractivity contribution in [3.05, 3.63) is 94.8 Å². The Morgan fingerprint density at radius 1 is 1.17 bits per heavy atom. The van der Waals surface area contributed by atoms with Crippen LogP contribution < -0.4 is 5.32 Å². The number of hydrogen-bond acceptors (Lipinski definition) is 3. The highest BCUT2D eigenvalue weighted by Crippen LogP contribution is 2.24. The zero-order chi connectivity index (χ0) is 20.9. The monoisotopic (exact) mass is 419 g/mol. The molecule has 154 valence electrons. The summed E-state index contributed by atoms with van der Waals surface area (Å²) in [5, 5.41) is 7.73. The summed E-state index contributed by atoms with van der Waals surface area (Å²) in [4.78, 5) is 12.4. The lowest BCUT2D eigenvalue weighted by atomic mass is 10.1. The molecule has 1 unspecified atom stereocenters. The fraction of sp³-hybridized carbons (Fsp3) is 0.250. The van der Waals surface area contributed by atoms with Crippen molar-refractivity contribution in [1.82, 2.24) is 15.1 Å². The highest BCUT2D eigenvalue weighted by atomic mass is 32.2. The molecular weight excluding hydrogens is 394 g/mol. The number of carbonyl (C=O) groups excluding carboxylic acids is 1. The van der Waals surface area contributed by atoms with Crippen LogP contribution in [0.5, 0.6) is 0 Å². The summed E-state index contributed by atoms with van der Waals surface area (Å²) in [6.07, 6.45) is 4.01. The smallest absolute Gasteiger partial charge is 0.244 e. The second-order valence-electron chi connectivity index (χ2n) is 7.47. The highest BCUT2D eigenvalue weighted by Gasteiger charge is 2.23. The molecule has 0 fully saturated rings. The molecule has 2 aromatic carbocycles. The van der Waals surface area contributed by atoms with Crippen molar-refractivity contribution >= 4 is 22.8 Å². The van der Waals surface area contributed by atoms with Crippen LogP contribution in [-0.4, -0.2) is 25.6 Å². The minimum atomic E-state index is -0.881. The molecule has 1 amide bonds. The Kier molecular flexibility index (Phi) is 6.23. The van der Waals surface area contributed by atoms with Gasteiger partial charge in [0.1, 0.15) is 0 Å². The Labute approximate surface area is 179 Å². The van der Waals surface area contributed by atoms with E-state index >= 15 is 0 Å². The topological polar surface area (TPSA) is 64.0 Å². The molecule has 0 aliphatic carbocycles. The third-order valence-corrected chi connectivity index (χ3v) is 6.57. The van der Waals surface area contributed by atoms with Gasteiger partial charge in [0.25, 0.3) is 0 Å². The first-order valence-corrected chi connectivity index (χ1v) is 11.6. The van der Waals surface area contributed by atoms with E-state index in [0.717, 1.165) is 28.9 Å². The number of aromatic nitrogens is 2. The fourth-order valence-corrected chi connectivity index (χ4v) is 4.90. The van der Waals surface area contributed by atoms with Gasteiger partial charge in [0.05, 0.1) is 24.0 Å². The highest BCUT2D eigenvalue weighted by molar-refractivity contribution is 7.84. The van der Waals surface area contributed by atoms with E-state index in [1.807, 2.05) is 60.1 Å². The largest absolute Gasteiger partial charge is 0.346 e. The summed E-state index contributed by atoms with van der Waals surface area (Å²) in [5.74, 6) is 0.979. The number of nitrogens with one attached hydrogen (secondary N) is 1. The molecule has 6 heteroatoms. The normalized spacial score (nSPS) is 16.9. The molecule has 0 spiro atoms. The maximum Gasteiger partial charge on any atom is 0.244 e. The summed E-state index contributed by atoms with van der Waals surface area (Å²) in [5.41, 5.74) is 5.07. The van der Waals surface area contributed by atoms with Gasteiger partial charge in [-0.3, -0.25) is 13.7 Å². The maximum absolute atomic E-state index is 12.4. The van der Waals surface area contributed by atoms with Crippen LogP contribution in [0.1, 0.15) is 41.0 Å². The Bertz CT molecular complexity index is 1070. The third kappa shape index (κ3) is 4.76. The molecule has 1 aliphatic heterocycles. The Morgan fingerprint density at radius 2 is 1.87 bits per heavy atom. The molecule has 1 aromatic heterocycles. The van der Waals surface area contributed by atoms with Gasteiger partial charge in [-0.15, -0.1) is 0 Å². The molecule has 2 atom stereocenters. The summed E-state index contributed by atoms with van der Waals surface area (Å²) >= 11 is 0. The van der Waals surface area contributed by atoms with Crippen LogP contribution >= 0.6 is 0 Å². The number of amides is 1. The van der Waals surface area contributed by atoms with Gasteiger partial charge in [-0.2, -0.15) is 5.10 Å². The predicted octanol–water partition coefficient (Wildman–Crippen LogP) is 3.63. The molecule has 5 nitrogen and oxygen atoms in total. The lowest BCUT2D eigenvalue weighted by Gasteiger charge is -2.14. The van der Waals surface area contributed by atoms with E-state index in [4.69, 9.17) is 5.10 Å². The average molecular weight is 420 g/mol. The van der Waals surface area contributed by atoms with Crippen LogP contribution in [0.3, 0.4) is 0 Å². The Hall–Kier alpha value is -2.99. The SMILES string of the molecule is C[C@H](NC(=O)C=Cc1nn(Cc2ccccc2)c2c1CS(=O)CC2)c1ccccc1. The summed E-state index contributed by atoms with van der Waals surface area (Å²) in [7, 11) is -0.881. The summed E-state index contributed by atoms with van der Waals surface area (Å²) in [6.45, 7) is 2.63. The standard InChI is InChI=1S/C24H25N3O2S/c1-18(20-10-6-3-7-11-20)25-24(28)13-12-22-21-17-30(29)15-14-23(21)27(26-22)16-19-8-4-2-5-9-19/h2-13,18H,14-17H2,1H3,(H,25,28)/t18-,30?/m0/s1. The number of hydrogen-bond donors (Lipinski definition) is 1. The van der Waals surface area contributed by atoms with Crippen molar-refractivity contribution in [3.8, 4) is 0 Å². The van der Waals surface area contributed by atoms with E-state index in [1.165, 1.54) is 11.6 Å². The molecule has 1 aliphatic rings. The quantitative estimate of drug-likeness (QED) is 0.621. The minimum Gasteiger partial charge on any atom is -0.346 e. The molecule has 1 N–H and O–H groups in total. The predicted molar refractivity (Wildman–Crippen MR) is 120 cm³/mol. The van der Waals surface area contributed by atoms with Crippen molar-refractivity contribution in [2.45, 2.75) is 31.7 Å². The molecule has 0 saturated carbocycles. The number of benzene rings is 2. The Balaban J connectivity index is 1.53. The number of carbonyl (C=O) groups is 1. The van der Waals surface area contributed by atoms with Gasteiger partial charge in [-0.05, 0) is 24.1 Å². The van der Waals surface area contributed by atoms with Crippen molar-refractivity contribution in [1.29, 1.82) is 0 Å². The van der Waals surface area contributed by atoms with Crippen LogP contribution in [0.15, 0.2) is 66.7 Å². The van der Waals surface area contributed by atoms with Gasteiger partial charge in [-0.25, -0.2) is 0 Å². The first kappa shape index (κ1) is 20.3. The van der Waals surface area contributed by atoms with Gasteiger partial charge in [0, 0.05) is 40.3 Å². The minimum absolute atomic E-state index is 0.0830. The van der Waals surface area contributed by atoms with E-state index in [1.54, 1.807) is 6.08 Å². The zero-order valence-electron chi connectivity index (χ0n) is 17.0. The van der Waals surface area contributed by atoms with Crippen molar-refractivity contribution in [2.24, 2.45) is 0 Å². The van der Waals surface area contributed by atoms with Crippen molar-refractivity contribution in [3.63, 3.8) is 0 Å². The average Bonchev–Trinajstić information content (AvgIpc) is 3.10. The maximum atomic E-state index is 12.4. The van der Waals surface area contributed by atoms with Gasteiger partial charge < -0.3 is 5.32 Å². The Morgan fingerprint density at radius 3 is 2.60 bits per heavy atom. The van der Waals surface area contributed by atoms with E-state index in [0.29, 0.717) is 18.1 Å². The zero-order valence-corrected chi connectivity index (χ0v) is 17.8. The number of fused-ring (bicyclic) bond motifs is 1. The van der Waals surface area contributed by atoms with E-state index in [9.17, 15) is 9.00 Å². The molecule has 3 aromatic rings. The molecule has 30 heavy (non-hydrogen) atoms. The first-order valence-electron chi connectivity index (χ1n) is 10.1. The van der Waals surface area contributed by atoms with Crippen LogP contribution in [-0.2, 0) is 34.3 Å². The molecular formula is C24H25N3O2S. The molecule has 2 heterocycles. The van der Waals surface area contributed by atoms with E-state index in [2.05, 4.69) is 17.4 Å². The number of rotatable bonds is 6. The second kappa shape index (κ2) is 9.22. The van der Waals surface area contributed by atoms with Crippen LogP contribution in [0.2, 0.25) is 0 Å². The van der Waals surface area contributed by atoms with E-state index < -0.39 is 10.8 Å². The summed E-state index contributed by atoms with van der Waals surface area (Å²) in [6, 6.07) is 19.9. The van der Waals surface area contributed by atoms with E-state index in [-0.39, 0.29) is 11.9 Å².